The van der Waals surface area contributed by atoms with Crippen molar-refractivity contribution in [2.45, 2.75) is 45.8 Å². The van der Waals surface area contributed by atoms with Crippen LogP contribution in [0.15, 0.2) is 18.2 Å². The van der Waals surface area contributed by atoms with E-state index in [9.17, 15) is 13.6 Å². The van der Waals surface area contributed by atoms with Gasteiger partial charge in [-0.3, -0.25) is 4.79 Å². The summed E-state index contributed by atoms with van der Waals surface area (Å²) in [5.41, 5.74) is 0.0185. The Kier molecular flexibility index (Phi) is 5.62. The molecule has 1 aromatic rings. The number of halogens is 2. The number of rotatable bonds is 5. The lowest BCUT2D eigenvalue weighted by Crippen LogP contribution is -2.40. The molecule has 20 heavy (non-hydrogen) atoms. The van der Waals surface area contributed by atoms with Crippen molar-refractivity contribution >= 4 is 5.97 Å². The second kappa shape index (κ2) is 6.79. The largest absolute Gasteiger partial charge is 0.459 e. The predicted octanol–water partition coefficient (Wildman–Crippen LogP) is 2.83. The van der Waals surface area contributed by atoms with Gasteiger partial charge in [-0.25, -0.2) is 8.78 Å². The molecule has 0 amide bonds. The van der Waals surface area contributed by atoms with Crippen molar-refractivity contribution in [1.29, 1.82) is 0 Å². The number of carbonyl (C=O) groups is 1. The van der Waals surface area contributed by atoms with Crippen molar-refractivity contribution in [2.75, 3.05) is 6.54 Å². The Balaban J connectivity index is 2.42. The van der Waals surface area contributed by atoms with Crippen molar-refractivity contribution in [2.24, 2.45) is 0 Å². The molecule has 0 fully saturated rings. The molecule has 0 aliphatic carbocycles. The summed E-state index contributed by atoms with van der Waals surface area (Å²) in [5, 5.41) is 2.97. The van der Waals surface area contributed by atoms with Crippen LogP contribution in [0.2, 0.25) is 0 Å². The molecule has 0 bridgehead atoms. The number of esters is 1. The fourth-order valence-corrected chi connectivity index (χ4v) is 1.66. The van der Waals surface area contributed by atoms with Crippen LogP contribution in [0, 0.1) is 11.6 Å². The summed E-state index contributed by atoms with van der Waals surface area (Å²) in [6, 6.07) is 2.93. The fourth-order valence-electron chi connectivity index (χ4n) is 1.66. The molecular formula is C15H21F2NO2. The van der Waals surface area contributed by atoms with Gasteiger partial charge in [0.25, 0.3) is 0 Å². The van der Waals surface area contributed by atoms with E-state index < -0.39 is 23.3 Å². The molecule has 1 unspecified atom stereocenters. The third kappa shape index (κ3) is 6.10. The van der Waals surface area contributed by atoms with Crippen LogP contribution >= 0.6 is 0 Å². The first-order valence-corrected chi connectivity index (χ1v) is 6.58. The standard InChI is InChI=1S/C15H21F2NO2/c1-10(14(19)20-15(2,3)4)18-6-5-11-7-12(16)9-13(17)8-11/h7-10,18H,5-6H2,1-4H3. The summed E-state index contributed by atoms with van der Waals surface area (Å²) in [7, 11) is 0. The summed E-state index contributed by atoms with van der Waals surface area (Å²) >= 11 is 0. The van der Waals surface area contributed by atoms with Crippen LogP contribution < -0.4 is 5.32 Å². The Morgan fingerprint density at radius 2 is 1.80 bits per heavy atom. The minimum atomic E-state index is -0.597. The Morgan fingerprint density at radius 3 is 2.30 bits per heavy atom. The summed E-state index contributed by atoms with van der Waals surface area (Å²) in [5.74, 6) is -1.54. The Hall–Kier alpha value is -1.49. The molecule has 5 heteroatoms. The van der Waals surface area contributed by atoms with Gasteiger partial charge in [0.2, 0.25) is 0 Å². The van der Waals surface area contributed by atoms with E-state index in [0.29, 0.717) is 18.5 Å². The number of carbonyl (C=O) groups excluding carboxylic acids is 1. The van der Waals surface area contributed by atoms with Crippen LogP contribution in [-0.4, -0.2) is 24.2 Å². The van der Waals surface area contributed by atoms with Gasteiger partial charge in [0.15, 0.2) is 0 Å². The summed E-state index contributed by atoms with van der Waals surface area (Å²) in [6.07, 6.45) is 0.432. The van der Waals surface area contributed by atoms with E-state index in [0.717, 1.165) is 6.07 Å². The molecule has 1 aromatic carbocycles. The Labute approximate surface area is 118 Å². The quantitative estimate of drug-likeness (QED) is 0.845. The van der Waals surface area contributed by atoms with Crippen molar-refractivity contribution in [3.8, 4) is 0 Å². The maximum absolute atomic E-state index is 13.0. The van der Waals surface area contributed by atoms with E-state index in [1.807, 2.05) is 0 Å². The first-order chi connectivity index (χ1) is 9.17. The van der Waals surface area contributed by atoms with Gasteiger partial charge in [0.05, 0.1) is 0 Å². The van der Waals surface area contributed by atoms with Gasteiger partial charge in [-0.2, -0.15) is 0 Å². The van der Waals surface area contributed by atoms with Crippen LogP contribution in [0.5, 0.6) is 0 Å². The van der Waals surface area contributed by atoms with Crippen molar-refractivity contribution < 1.29 is 18.3 Å². The molecular weight excluding hydrogens is 264 g/mol. The maximum Gasteiger partial charge on any atom is 0.323 e. The second-order valence-corrected chi connectivity index (χ2v) is 5.74. The van der Waals surface area contributed by atoms with Gasteiger partial charge in [0, 0.05) is 6.07 Å². The monoisotopic (exact) mass is 285 g/mol. The van der Waals surface area contributed by atoms with E-state index in [2.05, 4.69) is 5.32 Å². The van der Waals surface area contributed by atoms with E-state index in [1.165, 1.54) is 12.1 Å². The van der Waals surface area contributed by atoms with Crippen LogP contribution in [0.25, 0.3) is 0 Å². The molecule has 1 rings (SSSR count). The Bertz CT molecular complexity index is 449. The third-order valence-electron chi connectivity index (χ3n) is 2.55. The molecule has 0 aromatic heterocycles. The first-order valence-electron chi connectivity index (χ1n) is 6.58. The van der Waals surface area contributed by atoms with Gasteiger partial charge in [-0.1, -0.05) is 0 Å². The molecule has 3 nitrogen and oxygen atoms in total. The SMILES string of the molecule is CC(NCCc1cc(F)cc(F)c1)C(=O)OC(C)(C)C. The number of hydrogen-bond acceptors (Lipinski definition) is 3. The molecule has 112 valence electrons. The van der Waals surface area contributed by atoms with E-state index in [4.69, 9.17) is 4.74 Å². The topological polar surface area (TPSA) is 38.3 Å². The van der Waals surface area contributed by atoms with E-state index >= 15 is 0 Å². The summed E-state index contributed by atoms with van der Waals surface area (Å²) in [4.78, 5) is 11.7. The van der Waals surface area contributed by atoms with Gasteiger partial charge < -0.3 is 10.1 Å². The average molecular weight is 285 g/mol. The summed E-state index contributed by atoms with van der Waals surface area (Å²) in [6.45, 7) is 7.52. The van der Waals surface area contributed by atoms with Crippen molar-refractivity contribution in [3.63, 3.8) is 0 Å². The lowest BCUT2D eigenvalue weighted by Gasteiger charge is -2.22. The highest BCUT2D eigenvalue weighted by molar-refractivity contribution is 5.75. The smallest absolute Gasteiger partial charge is 0.323 e. The zero-order valence-corrected chi connectivity index (χ0v) is 12.3. The minimum Gasteiger partial charge on any atom is -0.459 e. The molecule has 1 N–H and O–H groups in total. The zero-order chi connectivity index (χ0) is 15.3. The van der Waals surface area contributed by atoms with Gasteiger partial charge in [-0.15, -0.1) is 0 Å². The highest BCUT2D eigenvalue weighted by Crippen LogP contribution is 2.09. The van der Waals surface area contributed by atoms with E-state index in [1.54, 1.807) is 27.7 Å². The number of hydrogen-bond donors (Lipinski definition) is 1. The Morgan fingerprint density at radius 1 is 1.25 bits per heavy atom. The van der Waals surface area contributed by atoms with Crippen LogP contribution in [0.1, 0.15) is 33.3 Å². The lowest BCUT2D eigenvalue weighted by molar-refractivity contribution is -0.156. The number of nitrogens with one attached hydrogen (secondary N) is 1. The molecule has 0 saturated heterocycles. The molecule has 0 saturated carbocycles. The first kappa shape index (κ1) is 16.6. The van der Waals surface area contributed by atoms with Gasteiger partial charge in [0.1, 0.15) is 23.3 Å². The lowest BCUT2D eigenvalue weighted by atomic mass is 10.1. The molecule has 0 spiro atoms. The normalized spacial score (nSPS) is 13.1. The van der Waals surface area contributed by atoms with Crippen LogP contribution in [-0.2, 0) is 16.0 Å². The van der Waals surface area contributed by atoms with E-state index in [-0.39, 0.29) is 5.97 Å². The zero-order valence-electron chi connectivity index (χ0n) is 12.3. The molecule has 0 aliphatic rings. The summed E-state index contributed by atoms with van der Waals surface area (Å²) < 4.78 is 31.2. The maximum atomic E-state index is 13.0. The molecule has 0 radical (unpaired) electrons. The molecule has 0 aliphatic heterocycles. The third-order valence-corrected chi connectivity index (χ3v) is 2.55. The highest BCUT2D eigenvalue weighted by Gasteiger charge is 2.20. The average Bonchev–Trinajstić information content (AvgIpc) is 2.25. The predicted molar refractivity (Wildman–Crippen MR) is 73.4 cm³/mol. The van der Waals surface area contributed by atoms with Crippen LogP contribution in [0.3, 0.4) is 0 Å². The molecule has 0 heterocycles. The number of ether oxygens (including phenoxy) is 1. The minimum absolute atomic E-state index is 0.345. The molecule has 1 atom stereocenters. The van der Waals surface area contributed by atoms with Crippen molar-refractivity contribution in [3.05, 3.63) is 35.4 Å². The number of benzene rings is 1. The fraction of sp³-hybridized carbons (Fsp3) is 0.533. The van der Waals surface area contributed by atoms with Crippen molar-refractivity contribution in [1.82, 2.24) is 5.32 Å². The van der Waals surface area contributed by atoms with Crippen LogP contribution in [0.4, 0.5) is 8.78 Å². The van der Waals surface area contributed by atoms with Gasteiger partial charge in [-0.05, 0) is 58.4 Å². The highest BCUT2D eigenvalue weighted by atomic mass is 19.1. The second-order valence-electron chi connectivity index (χ2n) is 5.74. The van der Waals surface area contributed by atoms with Gasteiger partial charge >= 0.3 is 5.97 Å².